The fraction of sp³-hybridized carbons (Fsp3) is 0.100. The molecular formula is C30H23ClN4O3. The SMILES string of the molecule is COc1cccc2oc(-c3nc4ccccc4c(=O)n3N=Cc3cc(C)n(-c4ccccc4Cl)c3C)cc12. The van der Waals surface area contributed by atoms with Crippen LogP contribution in [0.4, 0.5) is 0 Å². The molecule has 0 radical (unpaired) electrons. The van der Waals surface area contributed by atoms with Gasteiger partial charge in [0.2, 0.25) is 5.82 Å². The van der Waals surface area contributed by atoms with E-state index in [0.717, 1.165) is 28.0 Å². The van der Waals surface area contributed by atoms with Gasteiger partial charge in [-0.25, -0.2) is 4.98 Å². The molecule has 0 fully saturated rings. The lowest BCUT2D eigenvalue weighted by Gasteiger charge is -2.11. The summed E-state index contributed by atoms with van der Waals surface area (Å²) in [5.41, 5.74) is 4.55. The first-order chi connectivity index (χ1) is 18.5. The number of para-hydroxylation sites is 2. The Labute approximate surface area is 223 Å². The van der Waals surface area contributed by atoms with Gasteiger partial charge >= 0.3 is 0 Å². The molecule has 0 unspecified atom stereocenters. The monoisotopic (exact) mass is 522 g/mol. The number of hydrogen-bond donors (Lipinski definition) is 0. The van der Waals surface area contributed by atoms with Crippen LogP contribution in [0.2, 0.25) is 5.02 Å². The van der Waals surface area contributed by atoms with Gasteiger partial charge in [-0.15, -0.1) is 0 Å². The highest BCUT2D eigenvalue weighted by atomic mass is 35.5. The zero-order valence-corrected chi connectivity index (χ0v) is 21.7. The zero-order valence-electron chi connectivity index (χ0n) is 21.0. The van der Waals surface area contributed by atoms with Gasteiger partial charge in [0.15, 0.2) is 5.76 Å². The van der Waals surface area contributed by atoms with E-state index in [-0.39, 0.29) is 5.56 Å². The Morgan fingerprint density at radius 3 is 2.58 bits per heavy atom. The Kier molecular flexibility index (Phi) is 5.85. The molecule has 6 rings (SSSR count). The van der Waals surface area contributed by atoms with Crippen molar-refractivity contribution in [1.82, 2.24) is 14.2 Å². The predicted octanol–water partition coefficient (Wildman–Crippen LogP) is 6.76. The summed E-state index contributed by atoms with van der Waals surface area (Å²) >= 11 is 6.48. The summed E-state index contributed by atoms with van der Waals surface area (Å²) < 4.78 is 15.0. The second-order valence-electron chi connectivity index (χ2n) is 8.91. The maximum Gasteiger partial charge on any atom is 0.282 e. The van der Waals surface area contributed by atoms with Crippen LogP contribution in [0.25, 0.3) is 39.1 Å². The number of nitrogens with zero attached hydrogens (tertiary/aromatic N) is 4. The van der Waals surface area contributed by atoms with E-state index in [1.807, 2.05) is 80.6 Å². The highest BCUT2D eigenvalue weighted by Gasteiger charge is 2.18. The maximum atomic E-state index is 13.6. The molecule has 3 aromatic heterocycles. The molecule has 7 nitrogen and oxygen atoms in total. The molecular weight excluding hydrogens is 500 g/mol. The number of methoxy groups -OCH3 is 1. The summed E-state index contributed by atoms with van der Waals surface area (Å²) in [6.07, 6.45) is 1.67. The van der Waals surface area contributed by atoms with E-state index in [1.54, 1.807) is 25.5 Å². The second kappa shape index (κ2) is 9.36. The molecule has 0 spiro atoms. The Hall–Kier alpha value is -4.62. The van der Waals surface area contributed by atoms with Crippen LogP contribution in [0.15, 0.2) is 93.2 Å². The lowest BCUT2D eigenvalue weighted by Crippen LogP contribution is -2.20. The van der Waals surface area contributed by atoms with Crippen molar-refractivity contribution >= 4 is 39.7 Å². The maximum absolute atomic E-state index is 13.6. The van der Waals surface area contributed by atoms with Crippen molar-refractivity contribution in [2.75, 3.05) is 7.11 Å². The molecule has 8 heteroatoms. The van der Waals surface area contributed by atoms with Crippen LogP contribution in [-0.4, -0.2) is 27.6 Å². The number of halogens is 1. The molecule has 3 aromatic carbocycles. The van der Waals surface area contributed by atoms with Gasteiger partial charge in [-0.2, -0.15) is 9.78 Å². The number of furan rings is 1. The van der Waals surface area contributed by atoms with E-state index in [1.165, 1.54) is 4.68 Å². The fourth-order valence-corrected chi connectivity index (χ4v) is 4.97. The molecule has 0 aliphatic rings. The molecule has 38 heavy (non-hydrogen) atoms. The van der Waals surface area contributed by atoms with Crippen LogP contribution >= 0.6 is 11.6 Å². The highest BCUT2D eigenvalue weighted by molar-refractivity contribution is 6.32. The minimum atomic E-state index is -0.297. The molecule has 6 aromatic rings. The summed E-state index contributed by atoms with van der Waals surface area (Å²) in [4.78, 5) is 18.4. The summed E-state index contributed by atoms with van der Waals surface area (Å²) in [7, 11) is 1.61. The summed E-state index contributed by atoms with van der Waals surface area (Å²) in [5.74, 6) is 1.37. The normalized spacial score (nSPS) is 11.7. The zero-order chi connectivity index (χ0) is 26.4. The second-order valence-corrected chi connectivity index (χ2v) is 9.32. The smallest absolute Gasteiger partial charge is 0.282 e. The van der Waals surface area contributed by atoms with Crippen LogP contribution < -0.4 is 10.3 Å². The van der Waals surface area contributed by atoms with E-state index < -0.39 is 0 Å². The third-order valence-electron chi connectivity index (χ3n) is 6.59. The summed E-state index contributed by atoms with van der Waals surface area (Å²) in [6.45, 7) is 4.00. The van der Waals surface area contributed by atoms with Crippen molar-refractivity contribution in [1.29, 1.82) is 0 Å². The lowest BCUT2D eigenvalue weighted by molar-refractivity contribution is 0.419. The molecule has 3 heterocycles. The predicted molar refractivity (Wildman–Crippen MR) is 151 cm³/mol. The molecule has 188 valence electrons. The topological polar surface area (TPSA) is 74.6 Å². The minimum absolute atomic E-state index is 0.295. The number of fused-ring (bicyclic) bond motifs is 2. The number of ether oxygens (including phenoxy) is 1. The van der Waals surface area contributed by atoms with E-state index in [9.17, 15) is 4.79 Å². The number of hydrogen-bond acceptors (Lipinski definition) is 5. The molecule has 0 aliphatic carbocycles. The van der Waals surface area contributed by atoms with Crippen LogP contribution in [-0.2, 0) is 0 Å². The van der Waals surface area contributed by atoms with Crippen LogP contribution in [0.5, 0.6) is 5.75 Å². The van der Waals surface area contributed by atoms with Crippen molar-refractivity contribution in [3.63, 3.8) is 0 Å². The number of aryl methyl sites for hydroxylation is 1. The van der Waals surface area contributed by atoms with Gasteiger partial charge in [0.25, 0.3) is 5.56 Å². The van der Waals surface area contributed by atoms with Crippen LogP contribution in [0, 0.1) is 13.8 Å². The van der Waals surface area contributed by atoms with E-state index >= 15 is 0 Å². The summed E-state index contributed by atoms with van der Waals surface area (Å²) in [6, 6.07) is 24.2. The average Bonchev–Trinajstić information content (AvgIpc) is 3.48. The van der Waals surface area contributed by atoms with Gasteiger partial charge in [0, 0.05) is 17.0 Å². The van der Waals surface area contributed by atoms with Gasteiger partial charge < -0.3 is 13.7 Å². The Morgan fingerprint density at radius 1 is 0.974 bits per heavy atom. The quantitative estimate of drug-likeness (QED) is 0.234. The van der Waals surface area contributed by atoms with E-state index in [4.69, 9.17) is 25.7 Å². The van der Waals surface area contributed by atoms with Crippen molar-refractivity contribution < 1.29 is 9.15 Å². The third kappa shape index (κ3) is 3.88. The van der Waals surface area contributed by atoms with Crippen molar-refractivity contribution in [2.24, 2.45) is 5.10 Å². The Balaban J connectivity index is 1.53. The summed E-state index contributed by atoms with van der Waals surface area (Å²) in [5, 5.41) is 6.52. The van der Waals surface area contributed by atoms with E-state index in [0.29, 0.717) is 38.8 Å². The van der Waals surface area contributed by atoms with Crippen LogP contribution in [0.1, 0.15) is 17.0 Å². The van der Waals surface area contributed by atoms with Gasteiger partial charge in [-0.3, -0.25) is 4.79 Å². The van der Waals surface area contributed by atoms with Gasteiger partial charge in [-0.05, 0) is 62.4 Å². The van der Waals surface area contributed by atoms with Gasteiger partial charge in [-0.1, -0.05) is 41.9 Å². The van der Waals surface area contributed by atoms with Crippen molar-refractivity contribution in [2.45, 2.75) is 13.8 Å². The Bertz CT molecular complexity index is 1930. The number of rotatable bonds is 5. The standard InChI is InChI=1S/C30H23ClN4O3/c1-18-15-20(19(2)34(18)25-12-7-5-10-23(25)31)17-32-35-29(33-24-11-6-4-9-21(24)30(35)36)28-16-22-26(37-3)13-8-14-27(22)38-28/h4-17H,1-3H3. The minimum Gasteiger partial charge on any atom is -0.496 e. The van der Waals surface area contributed by atoms with Crippen molar-refractivity contribution in [3.05, 3.63) is 111 Å². The molecule has 0 saturated heterocycles. The molecule has 0 N–H and O–H groups in total. The highest BCUT2D eigenvalue weighted by Crippen LogP contribution is 2.33. The molecule has 0 saturated carbocycles. The van der Waals surface area contributed by atoms with Crippen molar-refractivity contribution in [3.8, 4) is 23.0 Å². The number of benzene rings is 3. The van der Waals surface area contributed by atoms with Crippen LogP contribution in [0.3, 0.4) is 0 Å². The fourth-order valence-electron chi connectivity index (χ4n) is 4.75. The van der Waals surface area contributed by atoms with Gasteiger partial charge in [0.05, 0.1) is 40.3 Å². The molecule has 0 atom stereocenters. The Morgan fingerprint density at radius 2 is 1.76 bits per heavy atom. The van der Waals surface area contributed by atoms with E-state index in [2.05, 4.69) is 9.67 Å². The lowest BCUT2D eigenvalue weighted by atomic mass is 10.2. The first kappa shape index (κ1) is 23.8. The number of aromatic nitrogens is 3. The first-order valence-corrected chi connectivity index (χ1v) is 12.4. The van der Waals surface area contributed by atoms with Gasteiger partial charge in [0.1, 0.15) is 11.3 Å². The first-order valence-electron chi connectivity index (χ1n) is 12.0. The average molecular weight is 523 g/mol. The molecule has 0 aliphatic heterocycles. The molecule has 0 amide bonds. The largest absolute Gasteiger partial charge is 0.496 e. The molecule has 0 bridgehead atoms. The third-order valence-corrected chi connectivity index (χ3v) is 6.91.